The zero-order chi connectivity index (χ0) is 18.4. The Morgan fingerprint density at radius 3 is 2.24 bits per heavy atom. The molecule has 136 valence electrons. The van der Waals surface area contributed by atoms with Gasteiger partial charge in [0.1, 0.15) is 0 Å². The van der Waals surface area contributed by atoms with Crippen LogP contribution >= 0.6 is 0 Å². The van der Waals surface area contributed by atoms with Gasteiger partial charge in [-0.25, -0.2) is 0 Å². The van der Waals surface area contributed by atoms with Gasteiger partial charge in [-0.1, -0.05) is 36.9 Å². The fourth-order valence-corrected chi connectivity index (χ4v) is 3.42. The van der Waals surface area contributed by atoms with E-state index >= 15 is 0 Å². The summed E-state index contributed by atoms with van der Waals surface area (Å²) >= 11 is 0. The Bertz CT molecular complexity index is 604. The van der Waals surface area contributed by atoms with Gasteiger partial charge in [0.25, 0.3) is 0 Å². The van der Waals surface area contributed by atoms with Crippen LogP contribution in [0.3, 0.4) is 0 Å². The molecule has 0 bridgehead atoms. The Hall–Kier alpha value is -2.14. The normalized spacial score (nSPS) is 22.0. The van der Waals surface area contributed by atoms with Crippen molar-refractivity contribution in [1.82, 2.24) is 0 Å². The quantitative estimate of drug-likeness (QED) is 0.633. The maximum Gasteiger partial charge on any atom is 0.323 e. The summed E-state index contributed by atoms with van der Waals surface area (Å²) in [6, 6.07) is 9.48. The molecule has 0 saturated heterocycles. The molecule has 2 rings (SSSR count). The second-order valence-electron chi connectivity index (χ2n) is 6.33. The maximum absolute atomic E-state index is 12.6. The highest BCUT2D eigenvalue weighted by Crippen LogP contribution is 2.46. The van der Waals surface area contributed by atoms with Gasteiger partial charge in [0.2, 0.25) is 0 Å². The van der Waals surface area contributed by atoms with Crippen LogP contribution in [0, 0.1) is 11.3 Å². The van der Waals surface area contributed by atoms with Crippen molar-refractivity contribution < 1.29 is 24.2 Å². The molecule has 1 aliphatic carbocycles. The molecule has 5 heteroatoms. The average molecular weight is 346 g/mol. The number of aliphatic hydroxyl groups excluding tert-OH is 1. The third-order valence-electron chi connectivity index (χ3n) is 4.82. The summed E-state index contributed by atoms with van der Waals surface area (Å²) < 4.78 is 10.3. The largest absolute Gasteiger partial charge is 0.465 e. The Labute approximate surface area is 148 Å². The summed E-state index contributed by atoms with van der Waals surface area (Å²) in [6.45, 7) is 7.89. The molecule has 0 radical (unpaired) electrons. The highest BCUT2D eigenvalue weighted by atomic mass is 16.6. The molecular weight excluding hydrogens is 320 g/mol. The lowest BCUT2D eigenvalue weighted by Crippen LogP contribution is -2.49. The third kappa shape index (κ3) is 3.93. The summed E-state index contributed by atoms with van der Waals surface area (Å²) in [7, 11) is 0. The molecule has 1 aliphatic rings. The number of hydrogen-bond donors (Lipinski definition) is 1. The van der Waals surface area contributed by atoms with Gasteiger partial charge in [0, 0.05) is 5.92 Å². The van der Waals surface area contributed by atoms with Gasteiger partial charge in [-0.2, -0.15) is 0 Å². The van der Waals surface area contributed by atoms with Crippen molar-refractivity contribution in [2.75, 3.05) is 13.2 Å². The fourth-order valence-electron chi connectivity index (χ4n) is 3.42. The lowest BCUT2D eigenvalue weighted by atomic mass is 9.65. The van der Waals surface area contributed by atoms with E-state index in [2.05, 4.69) is 6.58 Å². The summed E-state index contributed by atoms with van der Waals surface area (Å²) in [4.78, 5) is 25.2. The highest BCUT2D eigenvalue weighted by molar-refractivity contribution is 6.00. The van der Waals surface area contributed by atoms with Crippen molar-refractivity contribution in [3.8, 4) is 0 Å². The van der Waals surface area contributed by atoms with Gasteiger partial charge in [0.05, 0.1) is 19.3 Å². The molecule has 0 aromatic heterocycles. The van der Waals surface area contributed by atoms with Crippen molar-refractivity contribution in [2.24, 2.45) is 11.3 Å². The summed E-state index contributed by atoms with van der Waals surface area (Å²) in [5.74, 6) is -1.57. The number of carbonyl (C=O) groups excluding carboxylic acids is 2. The number of aliphatic hydroxyl groups is 1. The van der Waals surface area contributed by atoms with E-state index in [9.17, 15) is 14.7 Å². The van der Waals surface area contributed by atoms with Gasteiger partial charge in [0.15, 0.2) is 5.41 Å². The van der Waals surface area contributed by atoms with Crippen LogP contribution in [0.4, 0.5) is 0 Å². The first kappa shape index (κ1) is 19.2. The molecule has 1 aromatic carbocycles. The van der Waals surface area contributed by atoms with Crippen molar-refractivity contribution >= 4 is 17.5 Å². The van der Waals surface area contributed by atoms with Crippen LogP contribution in [-0.2, 0) is 19.1 Å². The third-order valence-corrected chi connectivity index (χ3v) is 4.82. The Balaban J connectivity index is 2.34. The van der Waals surface area contributed by atoms with Crippen LogP contribution in [-0.4, -0.2) is 36.4 Å². The smallest absolute Gasteiger partial charge is 0.323 e. The molecule has 0 aliphatic heterocycles. The second kappa shape index (κ2) is 8.30. The first-order valence-corrected chi connectivity index (χ1v) is 8.73. The molecule has 0 heterocycles. The number of benzene rings is 1. The molecule has 1 aromatic rings. The molecule has 1 saturated carbocycles. The van der Waals surface area contributed by atoms with Gasteiger partial charge >= 0.3 is 11.9 Å². The van der Waals surface area contributed by atoms with E-state index in [0.29, 0.717) is 12.0 Å². The van der Waals surface area contributed by atoms with E-state index in [0.717, 1.165) is 5.56 Å². The van der Waals surface area contributed by atoms with Crippen LogP contribution in [0.25, 0.3) is 5.57 Å². The lowest BCUT2D eigenvalue weighted by Gasteiger charge is -2.40. The van der Waals surface area contributed by atoms with Crippen molar-refractivity contribution in [3.63, 3.8) is 0 Å². The molecule has 0 unspecified atom stereocenters. The molecule has 0 amide bonds. The van der Waals surface area contributed by atoms with E-state index in [-0.39, 0.29) is 26.1 Å². The van der Waals surface area contributed by atoms with Gasteiger partial charge in [-0.05, 0) is 44.2 Å². The Morgan fingerprint density at radius 1 is 1.16 bits per heavy atom. The number of carbonyl (C=O) groups is 2. The SMILES string of the molecule is C=C(c1ccccc1)[C@@H]1CC(C(=O)OCC)(C(=O)OCC)CC[C@@H]1O. The van der Waals surface area contributed by atoms with E-state index in [1.807, 2.05) is 30.3 Å². The Morgan fingerprint density at radius 2 is 1.72 bits per heavy atom. The number of ether oxygens (including phenoxy) is 2. The highest BCUT2D eigenvalue weighted by Gasteiger charge is 2.54. The first-order valence-electron chi connectivity index (χ1n) is 8.73. The Kier molecular flexibility index (Phi) is 6.37. The number of rotatable bonds is 6. The van der Waals surface area contributed by atoms with Gasteiger partial charge in [-0.15, -0.1) is 0 Å². The zero-order valence-corrected chi connectivity index (χ0v) is 14.9. The monoisotopic (exact) mass is 346 g/mol. The van der Waals surface area contributed by atoms with E-state index in [1.165, 1.54) is 0 Å². The summed E-state index contributed by atoms with van der Waals surface area (Å²) in [6.07, 6.45) is 0.00246. The van der Waals surface area contributed by atoms with Crippen LogP contribution in [0.1, 0.15) is 38.7 Å². The molecule has 25 heavy (non-hydrogen) atoms. The molecular formula is C20H26O5. The zero-order valence-electron chi connectivity index (χ0n) is 14.9. The predicted octanol–water partition coefficient (Wildman–Crippen LogP) is 2.97. The minimum absolute atomic E-state index is 0.138. The molecule has 5 nitrogen and oxygen atoms in total. The first-order chi connectivity index (χ1) is 12.0. The van der Waals surface area contributed by atoms with Gasteiger partial charge in [-0.3, -0.25) is 9.59 Å². The van der Waals surface area contributed by atoms with Crippen molar-refractivity contribution in [2.45, 2.75) is 39.2 Å². The molecule has 0 spiro atoms. The minimum Gasteiger partial charge on any atom is -0.465 e. The maximum atomic E-state index is 12.6. The topological polar surface area (TPSA) is 72.8 Å². The average Bonchev–Trinajstić information content (AvgIpc) is 2.63. The van der Waals surface area contributed by atoms with Crippen LogP contribution < -0.4 is 0 Å². The van der Waals surface area contributed by atoms with Crippen LogP contribution in [0.15, 0.2) is 36.9 Å². The summed E-state index contributed by atoms with van der Waals surface area (Å²) in [5, 5.41) is 10.5. The van der Waals surface area contributed by atoms with E-state index < -0.39 is 29.4 Å². The minimum atomic E-state index is -1.38. The van der Waals surface area contributed by atoms with E-state index in [1.54, 1.807) is 13.8 Å². The predicted molar refractivity (Wildman–Crippen MR) is 94.5 cm³/mol. The molecule has 2 atom stereocenters. The van der Waals surface area contributed by atoms with E-state index in [4.69, 9.17) is 9.47 Å². The fraction of sp³-hybridized carbons (Fsp3) is 0.500. The van der Waals surface area contributed by atoms with Crippen LogP contribution in [0.2, 0.25) is 0 Å². The van der Waals surface area contributed by atoms with Crippen molar-refractivity contribution in [3.05, 3.63) is 42.5 Å². The number of esters is 2. The molecule has 1 fully saturated rings. The van der Waals surface area contributed by atoms with Crippen LogP contribution in [0.5, 0.6) is 0 Å². The second-order valence-corrected chi connectivity index (χ2v) is 6.33. The number of hydrogen-bond acceptors (Lipinski definition) is 5. The molecule has 1 N–H and O–H groups in total. The summed E-state index contributed by atoms with van der Waals surface area (Å²) in [5.41, 5.74) is 0.217. The van der Waals surface area contributed by atoms with Gasteiger partial charge < -0.3 is 14.6 Å². The standard InChI is InChI=1S/C20H26O5/c1-4-24-18(22)20(19(23)25-5-2)12-11-17(21)16(13-20)14(3)15-9-7-6-8-10-15/h6-10,16-17,21H,3-5,11-13H2,1-2H3/t16-,17-/m0/s1. The lowest BCUT2D eigenvalue weighted by molar-refractivity contribution is -0.177. The van der Waals surface area contributed by atoms with Crippen molar-refractivity contribution in [1.29, 1.82) is 0 Å².